The number of anilines is 1. The molecule has 0 aliphatic rings. The molecule has 0 unspecified atom stereocenters. The molecular formula is C14H23N5O. The lowest BCUT2D eigenvalue weighted by Crippen LogP contribution is -2.13. The molecule has 0 fully saturated rings. The number of hydrogen-bond acceptors (Lipinski definition) is 4. The number of nitrogens with one attached hydrogen (secondary N) is 1. The van der Waals surface area contributed by atoms with Gasteiger partial charge in [0.05, 0.1) is 24.5 Å². The van der Waals surface area contributed by atoms with Gasteiger partial charge in [0.1, 0.15) is 0 Å². The van der Waals surface area contributed by atoms with Crippen molar-refractivity contribution in [2.24, 2.45) is 7.05 Å². The van der Waals surface area contributed by atoms with Gasteiger partial charge in [-0.1, -0.05) is 0 Å². The van der Waals surface area contributed by atoms with Crippen LogP contribution in [0.15, 0.2) is 6.20 Å². The van der Waals surface area contributed by atoms with Crippen molar-refractivity contribution in [1.29, 1.82) is 0 Å². The van der Waals surface area contributed by atoms with Crippen LogP contribution in [-0.4, -0.2) is 39.6 Å². The molecule has 0 radical (unpaired) electrons. The number of hydrogen-bond donors (Lipinski definition) is 1. The molecule has 0 bridgehead atoms. The number of rotatable bonds is 6. The van der Waals surface area contributed by atoms with Gasteiger partial charge in [-0.15, -0.1) is 0 Å². The number of methoxy groups -OCH3 is 1. The van der Waals surface area contributed by atoms with E-state index in [4.69, 9.17) is 4.74 Å². The highest BCUT2D eigenvalue weighted by Crippen LogP contribution is 2.17. The van der Waals surface area contributed by atoms with E-state index in [1.54, 1.807) is 7.11 Å². The molecule has 0 saturated carbocycles. The number of nitrogens with zero attached hydrogens (tertiary/aromatic N) is 4. The Kier molecular flexibility index (Phi) is 4.44. The molecular weight excluding hydrogens is 254 g/mol. The van der Waals surface area contributed by atoms with E-state index in [2.05, 4.69) is 33.1 Å². The highest BCUT2D eigenvalue weighted by atomic mass is 16.5. The predicted molar refractivity (Wildman–Crippen MR) is 79.1 cm³/mol. The Bertz CT molecular complexity index is 585. The number of aryl methyl sites for hydroxylation is 3. The van der Waals surface area contributed by atoms with Gasteiger partial charge in [0.25, 0.3) is 0 Å². The van der Waals surface area contributed by atoms with Crippen LogP contribution in [0.3, 0.4) is 0 Å². The van der Waals surface area contributed by atoms with Crippen LogP contribution in [0, 0.1) is 20.8 Å². The van der Waals surface area contributed by atoms with Gasteiger partial charge in [-0.2, -0.15) is 5.10 Å². The summed E-state index contributed by atoms with van der Waals surface area (Å²) in [4.78, 5) is 4.51. The molecule has 2 rings (SSSR count). The van der Waals surface area contributed by atoms with Crippen molar-refractivity contribution in [3.63, 3.8) is 0 Å². The molecule has 0 atom stereocenters. The molecule has 0 amide bonds. The van der Waals surface area contributed by atoms with Crippen LogP contribution in [0.4, 0.5) is 5.95 Å². The Hall–Kier alpha value is -1.82. The second-order valence-corrected chi connectivity index (χ2v) is 5.03. The van der Waals surface area contributed by atoms with Crippen molar-refractivity contribution < 1.29 is 4.74 Å². The van der Waals surface area contributed by atoms with Gasteiger partial charge in [0.15, 0.2) is 0 Å². The summed E-state index contributed by atoms with van der Waals surface area (Å²) in [6.07, 6.45) is 2.06. The minimum absolute atomic E-state index is 0.664. The SMILES string of the molecule is COCCNc1nc(C)cn1Cc1c(C)nn(C)c1C. The first-order valence-corrected chi connectivity index (χ1v) is 6.78. The van der Waals surface area contributed by atoms with Crippen molar-refractivity contribution in [1.82, 2.24) is 19.3 Å². The summed E-state index contributed by atoms with van der Waals surface area (Å²) >= 11 is 0. The van der Waals surface area contributed by atoms with E-state index in [0.29, 0.717) is 6.61 Å². The molecule has 2 aromatic heterocycles. The zero-order chi connectivity index (χ0) is 14.7. The topological polar surface area (TPSA) is 56.9 Å². The van der Waals surface area contributed by atoms with E-state index >= 15 is 0 Å². The zero-order valence-corrected chi connectivity index (χ0v) is 12.9. The van der Waals surface area contributed by atoms with E-state index in [1.165, 1.54) is 11.3 Å². The monoisotopic (exact) mass is 277 g/mol. The minimum atomic E-state index is 0.664. The highest BCUT2D eigenvalue weighted by molar-refractivity contribution is 5.32. The second-order valence-electron chi connectivity index (χ2n) is 5.03. The summed E-state index contributed by atoms with van der Waals surface area (Å²) in [5.74, 6) is 0.877. The largest absolute Gasteiger partial charge is 0.383 e. The number of imidazole rings is 1. The molecule has 110 valence electrons. The molecule has 2 aromatic rings. The Labute approximate surface area is 119 Å². The van der Waals surface area contributed by atoms with E-state index in [-0.39, 0.29) is 0 Å². The summed E-state index contributed by atoms with van der Waals surface area (Å²) in [6.45, 7) is 8.33. The maximum atomic E-state index is 5.06. The van der Waals surface area contributed by atoms with Crippen molar-refractivity contribution in [2.45, 2.75) is 27.3 Å². The third-order valence-corrected chi connectivity index (χ3v) is 3.47. The summed E-state index contributed by atoms with van der Waals surface area (Å²) < 4.78 is 9.11. The summed E-state index contributed by atoms with van der Waals surface area (Å²) in [6, 6.07) is 0. The average Bonchev–Trinajstić information content (AvgIpc) is 2.85. The minimum Gasteiger partial charge on any atom is -0.383 e. The van der Waals surface area contributed by atoms with E-state index in [1.807, 2.05) is 25.6 Å². The molecule has 0 spiro atoms. The maximum absolute atomic E-state index is 5.06. The fourth-order valence-corrected chi connectivity index (χ4v) is 2.29. The van der Waals surface area contributed by atoms with Crippen LogP contribution in [0.1, 0.15) is 22.6 Å². The zero-order valence-electron chi connectivity index (χ0n) is 12.9. The summed E-state index contributed by atoms with van der Waals surface area (Å²) in [5, 5.41) is 7.76. The molecule has 6 nitrogen and oxygen atoms in total. The lowest BCUT2D eigenvalue weighted by atomic mass is 10.2. The lowest BCUT2D eigenvalue weighted by molar-refractivity contribution is 0.210. The molecule has 1 N–H and O–H groups in total. The fourth-order valence-electron chi connectivity index (χ4n) is 2.29. The van der Waals surface area contributed by atoms with Crippen LogP contribution in [0.2, 0.25) is 0 Å². The molecule has 0 aliphatic heterocycles. The number of aromatic nitrogens is 4. The van der Waals surface area contributed by atoms with Gasteiger partial charge < -0.3 is 14.6 Å². The van der Waals surface area contributed by atoms with E-state index < -0.39 is 0 Å². The first kappa shape index (κ1) is 14.6. The lowest BCUT2D eigenvalue weighted by Gasteiger charge is -2.10. The van der Waals surface area contributed by atoms with Gasteiger partial charge in [-0.05, 0) is 20.8 Å². The Balaban J connectivity index is 2.20. The third kappa shape index (κ3) is 3.01. The van der Waals surface area contributed by atoms with E-state index in [0.717, 1.165) is 30.4 Å². The van der Waals surface area contributed by atoms with Gasteiger partial charge in [-0.25, -0.2) is 4.98 Å². The molecule has 0 aliphatic carbocycles. The molecule has 0 saturated heterocycles. The highest BCUT2D eigenvalue weighted by Gasteiger charge is 2.12. The van der Waals surface area contributed by atoms with Crippen LogP contribution < -0.4 is 5.32 Å². The third-order valence-electron chi connectivity index (χ3n) is 3.47. The molecule has 2 heterocycles. The Morgan fingerprint density at radius 1 is 1.30 bits per heavy atom. The van der Waals surface area contributed by atoms with Gasteiger partial charge in [0.2, 0.25) is 5.95 Å². The first-order chi connectivity index (χ1) is 9.52. The predicted octanol–water partition coefficient (Wildman–Crippen LogP) is 1.65. The van der Waals surface area contributed by atoms with Crippen molar-refractivity contribution >= 4 is 5.95 Å². The summed E-state index contributed by atoms with van der Waals surface area (Å²) in [5.41, 5.74) is 4.51. The normalized spacial score (nSPS) is 11.1. The Morgan fingerprint density at radius 3 is 2.65 bits per heavy atom. The molecule has 0 aromatic carbocycles. The first-order valence-electron chi connectivity index (χ1n) is 6.78. The Morgan fingerprint density at radius 2 is 2.05 bits per heavy atom. The van der Waals surface area contributed by atoms with Crippen LogP contribution in [-0.2, 0) is 18.3 Å². The van der Waals surface area contributed by atoms with Gasteiger partial charge in [0, 0.05) is 38.2 Å². The second kappa shape index (κ2) is 6.09. The maximum Gasteiger partial charge on any atom is 0.203 e. The smallest absolute Gasteiger partial charge is 0.203 e. The van der Waals surface area contributed by atoms with Crippen LogP contribution in [0.25, 0.3) is 0 Å². The standard InChI is InChI=1S/C14H23N5O/c1-10-8-19(14(16-10)15-6-7-20-5)9-13-11(2)17-18(4)12(13)3/h8H,6-7,9H2,1-5H3,(H,15,16). The molecule has 20 heavy (non-hydrogen) atoms. The van der Waals surface area contributed by atoms with Crippen molar-refractivity contribution in [2.75, 3.05) is 25.6 Å². The van der Waals surface area contributed by atoms with E-state index in [9.17, 15) is 0 Å². The van der Waals surface area contributed by atoms with Gasteiger partial charge in [-0.3, -0.25) is 4.68 Å². The van der Waals surface area contributed by atoms with Crippen molar-refractivity contribution in [3.05, 3.63) is 28.8 Å². The van der Waals surface area contributed by atoms with Crippen LogP contribution in [0.5, 0.6) is 0 Å². The fraction of sp³-hybridized carbons (Fsp3) is 0.571. The van der Waals surface area contributed by atoms with Crippen LogP contribution >= 0.6 is 0 Å². The molecule has 6 heteroatoms. The van der Waals surface area contributed by atoms with Gasteiger partial charge >= 0.3 is 0 Å². The average molecular weight is 277 g/mol. The number of ether oxygens (including phenoxy) is 1. The summed E-state index contributed by atoms with van der Waals surface area (Å²) in [7, 11) is 3.67. The quantitative estimate of drug-likeness (QED) is 0.816. The van der Waals surface area contributed by atoms with Crippen molar-refractivity contribution in [3.8, 4) is 0 Å².